The summed E-state index contributed by atoms with van der Waals surface area (Å²) >= 11 is 6.27. The molecule has 108 valence electrons. The van der Waals surface area contributed by atoms with Gasteiger partial charge in [-0.05, 0) is 31.0 Å². The maximum Gasteiger partial charge on any atom is 0.239 e. The van der Waals surface area contributed by atoms with Gasteiger partial charge >= 0.3 is 0 Å². The third kappa shape index (κ3) is 1.80. The third-order valence-corrected chi connectivity index (χ3v) is 4.17. The van der Waals surface area contributed by atoms with Gasteiger partial charge in [-0.25, -0.2) is 9.55 Å². The second-order valence-electron chi connectivity index (χ2n) is 5.34. The average Bonchev–Trinajstić information content (AvgIpc) is 3.08. The Kier molecular flexibility index (Phi) is 2.79. The van der Waals surface area contributed by atoms with E-state index in [4.69, 9.17) is 11.6 Å². The monoisotopic (exact) mass is 301 g/mol. The van der Waals surface area contributed by atoms with Gasteiger partial charge in [-0.2, -0.15) is 4.99 Å². The molecule has 0 spiro atoms. The lowest BCUT2D eigenvalue weighted by Crippen LogP contribution is -2.44. The summed E-state index contributed by atoms with van der Waals surface area (Å²) in [4.78, 5) is 16.0. The topological polar surface area (TPSA) is 45.8 Å². The van der Waals surface area contributed by atoms with E-state index in [0.29, 0.717) is 5.95 Å². The van der Waals surface area contributed by atoms with Crippen molar-refractivity contribution in [1.29, 1.82) is 0 Å². The van der Waals surface area contributed by atoms with Crippen molar-refractivity contribution in [2.75, 3.05) is 13.1 Å². The second kappa shape index (κ2) is 4.56. The number of hydrogen-bond donors (Lipinski definition) is 0. The minimum atomic E-state index is -0.159. The highest BCUT2D eigenvalue weighted by Crippen LogP contribution is 2.29. The molecule has 0 amide bonds. The smallest absolute Gasteiger partial charge is 0.239 e. The number of benzene rings is 1. The van der Waals surface area contributed by atoms with Crippen LogP contribution in [0.4, 0.5) is 5.95 Å². The van der Waals surface area contributed by atoms with E-state index in [0.717, 1.165) is 42.3 Å². The van der Waals surface area contributed by atoms with Crippen molar-refractivity contribution in [3.63, 3.8) is 0 Å². The molecule has 2 aliphatic rings. The van der Waals surface area contributed by atoms with Crippen LogP contribution in [0.25, 0.3) is 11.0 Å². The maximum atomic E-state index is 6.27. The zero-order chi connectivity index (χ0) is 14.6. The van der Waals surface area contributed by atoms with Gasteiger partial charge in [0.2, 0.25) is 11.9 Å². The molecule has 0 bridgehead atoms. The molecule has 1 aromatic carbocycles. The van der Waals surface area contributed by atoms with Crippen LogP contribution in [0.15, 0.2) is 28.2 Å². The number of alkyl halides is 1. The highest BCUT2D eigenvalue weighted by atomic mass is 35.5. The Bertz CT molecular complexity index is 787. The molecule has 3 heterocycles. The molecule has 5 nitrogen and oxygen atoms in total. The van der Waals surface area contributed by atoms with Crippen LogP contribution in [0.2, 0.25) is 0 Å². The van der Waals surface area contributed by atoms with E-state index in [1.165, 1.54) is 5.56 Å². The number of hydrogen-bond acceptors (Lipinski definition) is 4. The van der Waals surface area contributed by atoms with E-state index >= 15 is 0 Å². The fraction of sp³-hybridized carbons (Fsp3) is 0.400. The summed E-state index contributed by atoms with van der Waals surface area (Å²) in [7, 11) is 0. The zero-order valence-corrected chi connectivity index (χ0v) is 12.8. The number of fused-ring (bicyclic) bond motifs is 5. The van der Waals surface area contributed by atoms with E-state index in [9.17, 15) is 0 Å². The lowest BCUT2D eigenvalue weighted by Gasteiger charge is -2.28. The molecule has 0 saturated heterocycles. The first-order chi connectivity index (χ1) is 10.2. The number of aromatic nitrogens is 2. The summed E-state index contributed by atoms with van der Waals surface area (Å²) in [6.07, 6.45) is 0.998. The number of nitrogens with zero attached hydrogens (tertiary/aromatic N) is 5. The van der Waals surface area contributed by atoms with E-state index in [1.54, 1.807) is 0 Å². The van der Waals surface area contributed by atoms with Crippen molar-refractivity contribution in [3.8, 4) is 0 Å². The zero-order valence-electron chi connectivity index (χ0n) is 12.0. The molecule has 1 aromatic heterocycles. The fourth-order valence-electron chi connectivity index (χ4n) is 2.92. The van der Waals surface area contributed by atoms with E-state index in [-0.39, 0.29) is 5.38 Å². The Balaban J connectivity index is 1.99. The van der Waals surface area contributed by atoms with Crippen molar-refractivity contribution in [1.82, 2.24) is 14.5 Å². The van der Waals surface area contributed by atoms with Crippen molar-refractivity contribution >= 4 is 40.4 Å². The van der Waals surface area contributed by atoms with Gasteiger partial charge in [0, 0.05) is 6.54 Å². The summed E-state index contributed by atoms with van der Waals surface area (Å²) in [5.41, 5.74) is 3.29. The van der Waals surface area contributed by atoms with Gasteiger partial charge < -0.3 is 0 Å². The van der Waals surface area contributed by atoms with Gasteiger partial charge in [-0.15, -0.1) is 11.6 Å². The molecule has 1 atom stereocenters. The number of rotatable bonds is 2. The maximum absolute atomic E-state index is 6.27. The Morgan fingerprint density at radius 3 is 3.00 bits per heavy atom. The summed E-state index contributed by atoms with van der Waals surface area (Å²) in [5, 5.41) is -0.159. The van der Waals surface area contributed by atoms with Crippen LogP contribution in [-0.2, 0) is 6.42 Å². The lowest BCUT2D eigenvalue weighted by atomic mass is 10.1. The molecule has 2 aliphatic heterocycles. The molecule has 21 heavy (non-hydrogen) atoms. The van der Waals surface area contributed by atoms with Crippen molar-refractivity contribution in [2.24, 2.45) is 9.98 Å². The number of imidazole rings is 1. The first-order valence-electron chi connectivity index (χ1n) is 7.25. The molecule has 6 heteroatoms. The van der Waals surface area contributed by atoms with Crippen molar-refractivity contribution in [2.45, 2.75) is 25.6 Å². The standard InChI is InChI=1S/C15H16ClN5/c1-3-10-4-5-12-11(8-10)18-14-19-13(9(2)16)20-7-6-17-15(20)21(12)14/h4-5,8-9H,3,6-7H2,1-2H3. The second-order valence-corrected chi connectivity index (χ2v) is 6.00. The average molecular weight is 302 g/mol. The predicted octanol–water partition coefficient (Wildman–Crippen LogP) is 2.79. The molecule has 0 aliphatic carbocycles. The van der Waals surface area contributed by atoms with Crippen LogP contribution in [0.3, 0.4) is 0 Å². The molecular weight excluding hydrogens is 286 g/mol. The lowest BCUT2D eigenvalue weighted by molar-refractivity contribution is 0.623. The third-order valence-electron chi connectivity index (χ3n) is 3.97. The van der Waals surface area contributed by atoms with Gasteiger partial charge in [0.15, 0.2) is 0 Å². The van der Waals surface area contributed by atoms with Crippen LogP contribution in [-0.4, -0.2) is 44.7 Å². The summed E-state index contributed by atoms with van der Waals surface area (Å²) < 4.78 is 2.03. The number of halogens is 1. The minimum Gasteiger partial charge on any atom is -0.297 e. The van der Waals surface area contributed by atoms with Gasteiger partial charge in [-0.3, -0.25) is 9.89 Å². The van der Waals surface area contributed by atoms with Gasteiger partial charge in [0.05, 0.1) is 23.0 Å². The van der Waals surface area contributed by atoms with Gasteiger partial charge in [0.25, 0.3) is 0 Å². The molecule has 0 saturated carbocycles. The number of aryl methyl sites for hydroxylation is 1. The molecule has 0 fully saturated rings. The SMILES string of the molecule is CCc1ccc2c(c1)nc1n2C2=NCCN2C(C(C)Cl)=N1. The summed E-state index contributed by atoms with van der Waals surface area (Å²) in [6.45, 7) is 5.68. The Hall–Kier alpha value is -1.88. The van der Waals surface area contributed by atoms with Crippen LogP contribution in [0.1, 0.15) is 19.4 Å². The van der Waals surface area contributed by atoms with Crippen molar-refractivity contribution in [3.05, 3.63) is 23.8 Å². The Morgan fingerprint density at radius 2 is 2.24 bits per heavy atom. The van der Waals surface area contributed by atoms with Crippen LogP contribution in [0, 0.1) is 0 Å². The molecule has 0 N–H and O–H groups in total. The van der Waals surface area contributed by atoms with Crippen LogP contribution >= 0.6 is 11.6 Å². The first kappa shape index (κ1) is 12.8. The fourth-order valence-corrected chi connectivity index (χ4v) is 3.08. The molecule has 4 rings (SSSR count). The van der Waals surface area contributed by atoms with Gasteiger partial charge in [0.1, 0.15) is 5.84 Å². The molecule has 1 unspecified atom stereocenters. The quantitative estimate of drug-likeness (QED) is 0.801. The highest BCUT2D eigenvalue weighted by molar-refractivity contribution is 6.33. The number of amidine groups is 1. The van der Waals surface area contributed by atoms with Gasteiger partial charge in [-0.1, -0.05) is 13.0 Å². The van der Waals surface area contributed by atoms with Crippen LogP contribution < -0.4 is 0 Å². The normalized spacial score (nSPS) is 18.3. The van der Waals surface area contributed by atoms with Crippen LogP contribution in [0.5, 0.6) is 0 Å². The molecule has 2 aromatic rings. The van der Waals surface area contributed by atoms with E-state index in [2.05, 4.69) is 45.0 Å². The van der Waals surface area contributed by atoms with E-state index < -0.39 is 0 Å². The number of aliphatic imine (C=N–C) groups is 2. The highest BCUT2D eigenvalue weighted by Gasteiger charge is 2.33. The summed E-state index contributed by atoms with van der Waals surface area (Å²) in [5.74, 6) is 2.42. The molecule has 0 radical (unpaired) electrons. The summed E-state index contributed by atoms with van der Waals surface area (Å²) in [6, 6.07) is 6.37. The Morgan fingerprint density at radius 1 is 1.38 bits per heavy atom. The van der Waals surface area contributed by atoms with Crippen molar-refractivity contribution < 1.29 is 0 Å². The predicted molar refractivity (Wildman–Crippen MR) is 85.9 cm³/mol. The molecular formula is C15H16ClN5. The minimum absolute atomic E-state index is 0.159. The largest absolute Gasteiger partial charge is 0.297 e. The Labute approximate surface area is 128 Å². The first-order valence-corrected chi connectivity index (χ1v) is 7.69. The van der Waals surface area contributed by atoms with E-state index in [1.807, 2.05) is 11.5 Å².